The molecule has 0 bridgehead atoms. The van der Waals surface area contributed by atoms with Crippen LogP contribution in [0.5, 0.6) is 0 Å². The number of carbonyl (C=O) groups is 1. The molecule has 0 radical (unpaired) electrons. The third kappa shape index (κ3) is 11.9. The molecule has 0 fully saturated rings. The molecular weight excluding hydrogens is 348 g/mol. The first-order valence-electron chi connectivity index (χ1n) is 9.64. The van der Waals surface area contributed by atoms with Gasteiger partial charge in [0.1, 0.15) is 4.92 Å². The van der Waals surface area contributed by atoms with Gasteiger partial charge in [0.15, 0.2) is 5.76 Å². The molecule has 1 N–H and O–H groups in total. The summed E-state index contributed by atoms with van der Waals surface area (Å²) in [5, 5.41) is 14.2. The number of rotatable bonds is 14. The molecule has 1 amide bonds. The van der Waals surface area contributed by atoms with Gasteiger partial charge >= 0.3 is 5.88 Å². The lowest BCUT2D eigenvalue weighted by atomic mass is 10.1. The molecule has 0 aromatic carbocycles. The Balaban J connectivity index is 1.98. The quantitative estimate of drug-likeness (QED) is 0.174. The number of hydrogen-bond donors (Lipinski definition) is 1. The first kappa shape index (κ1) is 22.8. The van der Waals surface area contributed by atoms with E-state index in [4.69, 9.17) is 4.42 Å². The summed E-state index contributed by atoms with van der Waals surface area (Å²) in [6.07, 6.45) is 11.1. The van der Waals surface area contributed by atoms with E-state index in [-0.39, 0.29) is 17.6 Å². The van der Waals surface area contributed by atoms with Crippen LogP contribution in [0.15, 0.2) is 21.7 Å². The Labute approximate surface area is 161 Å². The summed E-state index contributed by atoms with van der Waals surface area (Å²) in [6.45, 7) is 1.23. The van der Waals surface area contributed by atoms with Crippen molar-refractivity contribution in [2.24, 2.45) is 5.10 Å². The molecule has 27 heavy (non-hydrogen) atoms. The van der Waals surface area contributed by atoms with Crippen molar-refractivity contribution in [2.45, 2.75) is 57.8 Å². The Kier molecular flexibility index (Phi) is 10.3. The van der Waals surface area contributed by atoms with E-state index in [2.05, 4.69) is 31.7 Å². The summed E-state index contributed by atoms with van der Waals surface area (Å²) >= 11 is 0. The Morgan fingerprint density at radius 3 is 2.26 bits per heavy atom. The van der Waals surface area contributed by atoms with Gasteiger partial charge in [-0.3, -0.25) is 14.9 Å². The van der Waals surface area contributed by atoms with Crippen LogP contribution in [-0.2, 0) is 4.79 Å². The van der Waals surface area contributed by atoms with Crippen LogP contribution in [-0.4, -0.2) is 49.2 Å². The van der Waals surface area contributed by atoms with E-state index in [9.17, 15) is 14.9 Å². The number of nitro groups is 1. The Morgan fingerprint density at radius 2 is 1.70 bits per heavy atom. The molecule has 152 valence electrons. The SMILES string of the molecule is C[N+](C)(C)CCCCCCCCCCC(=O)N/N=C\c1ccc([N+](=O)[O-])o1. The molecular formula is C19H33N4O4+. The van der Waals surface area contributed by atoms with Crippen molar-refractivity contribution in [3.63, 3.8) is 0 Å². The molecule has 0 spiro atoms. The summed E-state index contributed by atoms with van der Waals surface area (Å²) in [6, 6.07) is 2.67. The highest BCUT2D eigenvalue weighted by atomic mass is 16.6. The standard InChI is InChI=1S/C19H32N4O4/c1-23(2,3)15-11-9-7-5-4-6-8-10-12-18(24)21-20-16-17-13-14-19(27-17)22(25)26/h13-14,16H,4-12,15H2,1-3H3/p+1/b20-16-. The number of nitrogens with one attached hydrogen (secondary N) is 1. The first-order valence-corrected chi connectivity index (χ1v) is 9.64. The van der Waals surface area contributed by atoms with Gasteiger partial charge in [-0.15, -0.1) is 0 Å². The zero-order valence-corrected chi connectivity index (χ0v) is 16.8. The van der Waals surface area contributed by atoms with Crippen LogP contribution in [0.1, 0.15) is 63.5 Å². The van der Waals surface area contributed by atoms with Crippen LogP contribution < -0.4 is 5.43 Å². The largest absolute Gasteiger partial charge is 0.433 e. The third-order valence-electron chi connectivity index (χ3n) is 4.16. The van der Waals surface area contributed by atoms with Crippen LogP contribution >= 0.6 is 0 Å². The van der Waals surface area contributed by atoms with Gasteiger partial charge < -0.3 is 8.90 Å². The highest BCUT2D eigenvalue weighted by Gasteiger charge is 2.10. The van der Waals surface area contributed by atoms with Gasteiger partial charge in [-0.25, -0.2) is 5.43 Å². The minimum atomic E-state index is -0.624. The Bertz CT molecular complexity index is 605. The maximum absolute atomic E-state index is 11.7. The molecule has 0 aliphatic heterocycles. The zero-order valence-electron chi connectivity index (χ0n) is 16.8. The minimum Gasteiger partial charge on any atom is -0.400 e. The summed E-state index contributed by atoms with van der Waals surface area (Å²) in [5.41, 5.74) is 2.41. The van der Waals surface area contributed by atoms with Crippen molar-refractivity contribution >= 4 is 18.0 Å². The van der Waals surface area contributed by atoms with Crippen molar-refractivity contribution in [1.82, 2.24) is 5.43 Å². The second kappa shape index (κ2) is 12.2. The fourth-order valence-corrected chi connectivity index (χ4v) is 2.67. The molecule has 1 heterocycles. The highest BCUT2D eigenvalue weighted by Crippen LogP contribution is 2.14. The number of unbranched alkanes of at least 4 members (excludes halogenated alkanes) is 7. The van der Waals surface area contributed by atoms with E-state index in [0.717, 1.165) is 23.7 Å². The molecule has 1 aromatic rings. The molecule has 8 heteroatoms. The van der Waals surface area contributed by atoms with E-state index in [1.165, 1.54) is 57.0 Å². The third-order valence-corrected chi connectivity index (χ3v) is 4.16. The van der Waals surface area contributed by atoms with E-state index >= 15 is 0 Å². The maximum Gasteiger partial charge on any atom is 0.433 e. The maximum atomic E-state index is 11.7. The lowest BCUT2D eigenvalue weighted by Gasteiger charge is -2.23. The van der Waals surface area contributed by atoms with Crippen LogP contribution in [0.25, 0.3) is 0 Å². The van der Waals surface area contributed by atoms with Crippen LogP contribution in [0.3, 0.4) is 0 Å². The summed E-state index contributed by atoms with van der Waals surface area (Å²) in [7, 11) is 6.68. The van der Waals surface area contributed by atoms with Gasteiger partial charge in [0, 0.05) is 6.42 Å². The topological polar surface area (TPSA) is 97.7 Å². The highest BCUT2D eigenvalue weighted by molar-refractivity contribution is 5.80. The second-order valence-electron chi connectivity index (χ2n) is 7.82. The van der Waals surface area contributed by atoms with Crippen molar-refractivity contribution < 1.29 is 18.6 Å². The van der Waals surface area contributed by atoms with E-state index in [1.807, 2.05) is 0 Å². The number of nitrogens with zero attached hydrogens (tertiary/aromatic N) is 3. The fourth-order valence-electron chi connectivity index (χ4n) is 2.67. The normalized spacial score (nSPS) is 11.8. The number of furan rings is 1. The molecule has 0 saturated carbocycles. The smallest absolute Gasteiger partial charge is 0.400 e. The lowest BCUT2D eigenvalue weighted by Crippen LogP contribution is -2.35. The molecule has 1 rings (SSSR count). The summed E-state index contributed by atoms with van der Waals surface area (Å²) in [4.78, 5) is 21.5. The Hall–Kier alpha value is -2.22. The number of carbonyl (C=O) groups excluding carboxylic acids is 1. The monoisotopic (exact) mass is 381 g/mol. The van der Waals surface area contributed by atoms with Crippen molar-refractivity contribution in [3.8, 4) is 0 Å². The Morgan fingerprint density at radius 1 is 1.11 bits per heavy atom. The van der Waals surface area contributed by atoms with Gasteiger partial charge in [-0.05, 0) is 25.3 Å². The number of hydrazone groups is 1. The number of quaternary nitrogens is 1. The molecule has 0 aliphatic carbocycles. The lowest BCUT2D eigenvalue weighted by molar-refractivity contribution is -0.870. The van der Waals surface area contributed by atoms with Crippen LogP contribution in [0, 0.1) is 10.1 Å². The van der Waals surface area contributed by atoms with E-state index in [1.54, 1.807) is 0 Å². The average molecular weight is 381 g/mol. The average Bonchev–Trinajstić information content (AvgIpc) is 3.05. The van der Waals surface area contributed by atoms with Gasteiger partial charge in [-0.1, -0.05) is 32.1 Å². The van der Waals surface area contributed by atoms with Gasteiger partial charge in [-0.2, -0.15) is 5.10 Å². The first-order chi connectivity index (χ1) is 12.8. The molecule has 0 saturated heterocycles. The van der Waals surface area contributed by atoms with Crippen molar-refractivity contribution in [2.75, 3.05) is 27.7 Å². The van der Waals surface area contributed by atoms with Crippen LogP contribution in [0.4, 0.5) is 5.88 Å². The summed E-state index contributed by atoms with van der Waals surface area (Å²) in [5.74, 6) is -0.285. The van der Waals surface area contributed by atoms with Gasteiger partial charge in [0.2, 0.25) is 5.91 Å². The van der Waals surface area contributed by atoms with Crippen molar-refractivity contribution in [1.29, 1.82) is 0 Å². The fraction of sp³-hybridized carbons (Fsp3) is 0.684. The minimum absolute atomic E-state index is 0.160. The second-order valence-corrected chi connectivity index (χ2v) is 7.82. The zero-order chi connectivity index (χ0) is 20.1. The number of amides is 1. The predicted octanol–water partition coefficient (Wildman–Crippen LogP) is 3.86. The molecule has 0 aliphatic rings. The molecule has 0 atom stereocenters. The van der Waals surface area contributed by atoms with Gasteiger partial charge in [0.05, 0.1) is 40.0 Å². The number of hydrogen-bond acceptors (Lipinski definition) is 5. The molecule has 1 aromatic heterocycles. The predicted molar refractivity (Wildman–Crippen MR) is 106 cm³/mol. The van der Waals surface area contributed by atoms with E-state index < -0.39 is 4.92 Å². The summed E-state index contributed by atoms with van der Waals surface area (Å²) < 4.78 is 5.94. The van der Waals surface area contributed by atoms with E-state index in [0.29, 0.717) is 6.42 Å². The van der Waals surface area contributed by atoms with Gasteiger partial charge in [0.25, 0.3) is 0 Å². The van der Waals surface area contributed by atoms with Crippen LogP contribution in [0.2, 0.25) is 0 Å². The molecule has 0 unspecified atom stereocenters. The molecule has 8 nitrogen and oxygen atoms in total. The van der Waals surface area contributed by atoms with Crippen molar-refractivity contribution in [3.05, 3.63) is 28.0 Å².